The molecule has 1 N–H and O–H groups in total. The summed E-state index contributed by atoms with van der Waals surface area (Å²) in [6, 6.07) is 6.21. The molecule has 0 radical (unpaired) electrons. The lowest BCUT2D eigenvalue weighted by Crippen LogP contribution is -2.25. The van der Waals surface area contributed by atoms with Gasteiger partial charge in [0.2, 0.25) is 0 Å². The summed E-state index contributed by atoms with van der Waals surface area (Å²) in [6.45, 7) is 5.73. The van der Waals surface area contributed by atoms with Gasteiger partial charge in [-0.3, -0.25) is 20.3 Å². The first-order valence-corrected chi connectivity index (χ1v) is 7.21. The zero-order chi connectivity index (χ0) is 16.5. The van der Waals surface area contributed by atoms with E-state index in [4.69, 9.17) is 4.74 Å². The van der Waals surface area contributed by atoms with Gasteiger partial charge in [0.05, 0.1) is 17.4 Å². The van der Waals surface area contributed by atoms with E-state index >= 15 is 0 Å². The molecule has 7 heteroatoms. The van der Waals surface area contributed by atoms with Crippen molar-refractivity contribution in [3.8, 4) is 0 Å². The molecule has 0 bridgehead atoms. The van der Waals surface area contributed by atoms with Crippen LogP contribution in [0.25, 0.3) is 0 Å². The molecular weight excluding hydrogens is 286 g/mol. The third-order valence-corrected chi connectivity index (χ3v) is 3.11. The maximum Gasteiger partial charge on any atom is 0.314 e. The molecule has 0 unspecified atom stereocenters. The number of nitro benzene ring substituents is 1. The number of nitro groups is 1. The van der Waals surface area contributed by atoms with Crippen LogP contribution in [0.2, 0.25) is 0 Å². The van der Waals surface area contributed by atoms with Crippen LogP contribution in [-0.4, -0.2) is 23.2 Å². The lowest BCUT2D eigenvalue weighted by Gasteiger charge is -2.14. The predicted octanol–water partition coefficient (Wildman–Crippen LogP) is 3.36. The zero-order valence-corrected chi connectivity index (χ0v) is 13.0. The quantitative estimate of drug-likeness (QED) is 0.344. The van der Waals surface area contributed by atoms with Gasteiger partial charge in [0.1, 0.15) is 5.69 Å². The molecule has 1 atom stereocenters. The van der Waals surface area contributed by atoms with E-state index in [1.165, 1.54) is 6.07 Å². The summed E-state index contributed by atoms with van der Waals surface area (Å²) >= 11 is 0. The fourth-order valence-corrected chi connectivity index (χ4v) is 1.98. The van der Waals surface area contributed by atoms with E-state index in [1.807, 2.05) is 6.92 Å². The number of hydrogen-bond acceptors (Lipinski definition) is 6. The molecule has 120 valence electrons. The lowest BCUT2D eigenvalue weighted by molar-refractivity contribution is -0.384. The number of hydrazone groups is 1. The van der Waals surface area contributed by atoms with Gasteiger partial charge in [-0.15, -0.1) is 0 Å². The molecule has 0 aliphatic heterocycles. The van der Waals surface area contributed by atoms with Crippen LogP contribution in [0.3, 0.4) is 0 Å². The van der Waals surface area contributed by atoms with Crippen LogP contribution < -0.4 is 5.43 Å². The third-order valence-electron chi connectivity index (χ3n) is 3.11. The van der Waals surface area contributed by atoms with Crippen molar-refractivity contribution >= 4 is 23.1 Å². The van der Waals surface area contributed by atoms with Gasteiger partial charge in [-0.25, -0.2) is 0 Å². The summed E-state index contributed by atoms with van der Waals surface area (Å²) in [6.07, 6.45) is 1.43. The van der Waals surface area contributed by atoms with Crippen LogP contribution >= 0.6 is 0 Å². The van der Waals surface area contributed by atoms with E-state index in [-0.39, 0.29) is 17.3 Å². The second-order valence-corrected chi connectivity index (χ2v) is 4.73. The summed E-state index contributed by atoms with van der Waals surface area (Å²) in [5, 5.41) is 15.1. The van der Waals surface area contributed by atoms with Crippen molar-refractivity contribution < 1.29 is 14.5 Å². The first kappa shape index (κ1) is 17.6. The van der Waals surface area contributed by atoms with E-state index in [0.717, 1.165) is 6.42 Å². The van der Waals surface area contributed by atoms with Gasteiger partial charge in [-0.1, -0.05) is 25.5 Å². The molecule has 0 heterocycles. The highest BCUT2D eigenvalue weighted by molar-refractivity contribution is 6.01. The number of carbonyl (C=O) groups excluding carboxylic acids is 1. The van der Waals surface area contributed by atoms with Gasteiger partial charge < -0.3 is 4.74 Å². The minimum Gasteiger partial charge on any atom is -0.465 e. The van der Waals surface area contributed by atoms with Gasteiger partial charge in [0.15, 0.2) is 0 Å². The SMILES string of the molecule is CCC[C@H](C(=O)OCC)/C(C)=N\Nc1ccccc1[N+](=O)[O-]. The molecule has 0 spiro atoms. The number of hydrogen-bond donors (Lipinski definition) is 1. The predicted molar refractivity (Wildman–Crippen MR) is 84.9 cm³/mol. The highest BCUT2D eigenvalue weighted by Gasteiger charge is 2.22. The van der Waals surface area contributed by atoms with Crippen molar-refractivity contribution in [2.75, 3.05) is 12.0 Å². The van der Waals surface area contributed by atoms with E-state index in [9.17, 15) is 14.9 Å². The molecule has 0 aromatic heterocycles. The molecule has 1 aromatic carbocycles. The van der Waals surface area contributed by atoms with Crippen molar-refractivity contribution in [3.63, 3.8) is 0 Å². The Morgan fingerprint density at radius 3 is 2.68 bits per heavy atom. The smallest absolute Gasteiger partial charge is 0.314 e. The topological polar surface area (TPSA) is 93.8 Å². The largest absolute Gasteiger partial charge is 0.465 e. The average Bonchev–Trinajstić information content (AvgIpc) is 2.50. The molecule has 0 saturated heterocycles. The van der Waals surface area contributed by atoms with E-state index in [1.54, 1.807) is 32.0 Å². The van der Waals surface area contributed by atoms with Crippen LogP contribution in [-0.2, 0) is 9.53 Å². The molecule has 7 nitrogen and oxygen atoms in total. The Balaban J connectivity index is 2.91. The van der Waals surface area contributed by atoms with Crippen LogP contribution in [0.15, 0.2) is 29.4 Å². The summed E-state index contributed by atoms with van der Waals surface area (Å²) < 4.78 is 5.04. The second-order valence-electron chi connectivity index (χ2n) is 4.73. The fourth-order valence-electron chi connectivity index (χ4n) is 1.98. The molecule has 0 saturated carbocycles. The van der Waals surface area contributed by atoms with Gasteiger partial charge in [0, 0.05) is 11.8 Å². The summed E-state index contributed by atoms with van der Waals surface area (Å²) in [7, 11) is 0. The summed E-state index contributed by atoms with van der Waals surface area (Å²) in [5.41, 5.74) is 3.42. The summed E-state index contributed by atoms with van der Waals surface area (Å²) in [4.78, 5) is 22.4. The Morgan fingerprint density at radius 1 is 1.41 bits per heavy atom. The molecule has 22 heavy (non-hydrogen) atoms. The molecule has 1 rings (SSSR count). The number of benzene rings is 1. The van der Waals surface area contributed by atoms with Crippen molar-refractivity contribution in [1.82, 2.24) is 0 Å². The van der Waals surface area contributed by atoms with Crippen LogP contribution in [0.4, 0.5) is 11.4 Å². The molecule has 1 aromatic rings. The van der Waals surface area contributed by atoms with Crippen molar-refractivity contribution in [1.29, 1.82) is 0 Å². The normalized spacial score (nSPS) is 12.6. The van der Waals surface area contributed by atoms with Gasteiger partial charge in [-0.05, 0) is 26.3 Å². The minimum absolute atomic E-state index is 0.0674. The Bertz CT molecular complexity index is 557. The molecule has 0 fully saturated rings. The molecular formula is C15H21N3O4. The van der Waals surface area contributed by atoms with Gasteiger partial charge in [0.25, 0.3) is 5.69 Å². The first-order valence-electron chi connectivity index (χ1n) is 7.21. The Morgan fingerprint density at radius 2 is 2.09 bits per heavy atom. The second kappa shape index (κ2) is 8.76. The van der Waals surface area contributed by atoms with E-state index < -0.39 is 10.8 Å². The number of nitrogens with one attached hydrogen (secondary N) is 1. The zero-order valence-electron chi connectivity index (χ0n) is 13.0. The summed E-state index contributed by atoms with van der Waals surface area (Å²) in [5.74, 6) is -0.768. The highest BCUT2D eigenvalue weighted by atomic mass is 16.6. The van der Waals surface area contributed by atoms with Crippen molar-refractivity contribution in [3.05, 3.63) is 34.4 Å². The Kier molecular flexibility index (Phi) is 7.01. The van der Waals surface area contributed by atoms with Crippen LogP contribution in [0.5, 0.6) is 0 Å². The number of para-hydroxylation sites is 2. The Hall–Kier alpha value is -2.44. The number of ether oxygens (including phenoxy) is 1. The molecule has 0 aliphatic rings. The number of carbonyl (C=O) groups is 1. The first-order chi connectivity index (χ1) is 10.5. The number of anilines is 1. The highest BCUT2D eigenvalue weighted by Crippen LogP contribution is 2.23. The van der Waals surface area contributed by atoms with E-state index in [0.29, 0.717) is 18.7 Å². The number of rotatable bonds is 8. The van der Waals surface area contributed by atoms with Crippen molar-refractivity contribution in [2.45, 2.75) is 33.6 Å². The van der Waals surface area contributed by atoms with Crippen molar-refractivity contribution in [2.24, 2.45) is 11.0 Å². The average molecular weight is 307 g/mol. The maximum atomic E-state index is 11.9. The minimum atomic E-state index is -0.484. The lowest BCUT2D eigenvalue weighted by atomic mass is 9.99. The monoisotopic (exact) mass is 307 g/mol. The van der Waals surface area contributed by atoms with Gasteiger partial charge in [-0.2, -0.15) is 5.10 Å². The third kappa shape index (κ3) is 4.83. The maximum absolute atomic E-state index is 11.9. The number of nitrogens with zero attached hydrogens (tertiary/aromatic N) is 2. The van der Waals surface area contributed by atoms with E-state index in [2.05, 4.69) is 10.5 Å². The molecule has 0 amide bonds. The van der Waals surface area contributed by atoms with Crippen LogP contribution in [0, 0.1) is 16.0 Å². The molecule has 0 aliphatic carbocycles. The van der Waals surface area contributed by atoms with Crippen LogP contribution in [0.1, 0.15) is 33.6 Å². The Labute approximate surface area is 129 Å². The fraction of sp³-hybridized carbons (Fsp3) is 0.467. The number of esters is 1. The standard InChI is InChI=1S/C15H21N3O4/c1-4-8-12(15(19)22-5-2)11(3)16-17-13-9-6-7-10-14(13)18(20)21/h6-7,9-10,12,17H,4-5,8H2,1-3H3/b16-11-/t12-/m0/s1. The van der Waals surface area contributed by atoms with Gasteiger partial charge >= 0.3 is 5.97 Å².